The van der Waals surface area contributed by atoms with Crippen LogP contribution in [0.3, 0.4) is 0 Å². The Morgan fingerprint density at radius 2 is 1.54 bits per heavy atom. The van der Waals surface area contributed by atoms with E-state index < -0.39 is 0 Å². The first-order chi connectivity index (χ1) is 12.6. The average Bonchev–Trinajstić information content (AvgIpc) is 2.63. The summed E-state index contributed by atoms with van der Waals surface area (Å²) in [5.74, 6) is -0.542. The van der Waals surface area contributed by atoms with E-state index in [4.69, 9.17) is 4.99 Å². The van der Waals surface area contributed by atoms with Crippen LogP contribution in [0, 0.1) is 18.6 Å². The maximum atomic E-state index is 13.2. The lowest BCUT2D eigenvalue weighted by Crippen LogP contribution is -1.96. The van der Waals surface area contributed by atoms with E-state index in [1.807, 2.05) is 42.7 Å². The molecule has 0 radical (unpaired) electrons. The Morgan fingerprint density at radius 3 is 2.19 bits per heavy atom. The minimum Gasteiger partial charge on any atom is -0.248 e. The second kappa shape index (κ2) is 8.59. The number of halogens is 2. The summed E-state index contributed by atoms with van der Waals surface area (Å²) in [4.78, 5) is 5.63. The van der Waals surface area contributed by atoms with Gasteiger partial charge in [0.1, 0.15) is 11.6 Å². The number of aryl methyl sites for hydroxylation is 1. The molecule has 0 bridgehead atoms. The Labute approximate surface area is 156 Å². The van der Waals surface area contributed by atoms with Gasteiger partial charge in [0.2, 0.25) is 0 Å². The Hall–Kier alpha value is -2.72. The molecule has 3 aromatic rings. The molecule has 0 fully saturated rings. The van der Waals surface area contributed by atoms with Gasteiger partial charge in [0.25, 0.3) is 0 Å². The van der Waals surface area contributed by atoms with Crippen LogP contribution < -0.4 is 0 Å². The molecule has 0 heterocycles. The quantitative estimate of drug-likeness (QED) is 0.362. The fourth-order valence-electron chi connectivity index (χ4n) is 2.35. The van der Waals surface area contributed by atoms with Gasteiger partial charge in [-0.3, -0.25) is 0 Å². The van der Waals surface area contributed by atoms with Gasteiger partial charge in [-0.25, -0.2) is 13.8 Å². The van der Waals surface area contributed by atoms with Crippen molar-refractivity contribution < 1.29 is 8.78 Å². The van der Waals surface area contributed by atoms with Crippen molar-refractivity contribution in [2.45, 2.75) is 11.8 Å². The van der Waals surface area contributed by atoms with Crippen LogP contribution in [-0.2, 0) is 0 Å². The molecule has 0 aliphatic carbocycles. The molecule has 0 saturated carbocycles. The SMILES string of the molecule is Cc1cccc(N=C(C=CSc2ccc(F)cc2)c2ccc(F)cc2)c1. The largest absolute Gasteiger partial charge is 0.248 e. The highest BCUT2D eigenvalue weighted by molar-refractivity contribution is 8.02. The Kier molecular flexibility index (Phi) is 5.97. The van der Waals surface area contributed by atoms with Crippen LogP contribution in [0.1, 0.15) is 11.1 Å². The van der Waals surface area contributed by atoms with E-state index in [0.717, 1.165) is 27.4 Å². The van der Waals surface area contributed by atoms with Crippen LogP contribution >= 0.6 is 11.8 Å². The Bertz CT molecular complexity index is 929. The number of rotatable bonds is 5. The number of aliphatic imine (C=N–C) groups is 1. The van der Waals surface area contributed by atoms with Gasteiger partial charge in [-0.05, 0) is 84.6 Å². The van der Waals surface area contributed by atoms with Gasteiger partial charge < -0.3 is 0 Å². The molecule has 1 nitrogen and oxygen atoms in total. The van der Waals surface area contributed by atoms with Gasteiger partial charge in [0.05, 0.1) is 11.4 Å². The molecule has 0 aromatic heterocycles. The van der Waals surface area contributed by atoms with Gasteiger partial charge >= 0.3 is 0 Å². The minimum atomic E-state index is -0.284. The van der Waals surface area contributed by atoms with Gasteiger partial charge in [0, 0.05) is 10.5 Å². The molecule has 0 atom stereocenters. The molecule has 3 aromatic carbocycles. The van der Waals surface area contributed by atoms with Crippen molar-refractivity contribution in [1.82, 2.24) is 0 Å². The highest BCUT2D eigenvalue weighted by atomic mass is 32.2. The first-order valence-corrected chi connectivity index (χ1v) is 8.98. The highest BCUT2D eigenvalue weighted by Gasteiger charge is 2.02. The Balaban J connectivity index is 1.88. The van der Waals surface area contributed by atoms with Crippen LogP contribution in [-0.4, -0.2) is 5.71 Å². The summed E-state index contributed by atoms with van der Waals surface area (Å²) in [6.07, 6.45) is 1.88. The van der Waals surface area contributed by atoms with E-state index >= 15 is 0 Å². The van der Waals surface area contributed by atoms with Crippen LogP contribution in [0.2, 0.25) is 0 Å². The first kappa shape index (κ1) is 18.1. The molecule has 0 saturated heterocycles. The molecule has 0 spiro atoms. The maximum absolute atomic E-state index is 13.2. The predicted octanol–water partition coefficient (Wildman–Crippen LogP) is 6.70. The van der Waals surface area contributed by atoms with E-state index in [1.165, 1.54) is 36.0 Å². The molecule has 0 unspecified atom stereocenters. The number of thioether (sulfide) groups is 1. The second-order valence-corrected chi connectivity index (χ2v) is 6.70. The van der Waals surface area contributed by atoms with Crippen molar-refractivity contribution >= 4 is 23.2 Å². The molecule has 0 N–H and O–H groups in total. The van der Waals surface area contributed by atoms with E-state index in [2.05, 4.69) is 0 Å². The van der Waals surface area contributed by atoms with Crippen molar-refractivity contribution in [2.75, 3.05) is 0 Å². The average molecular weight is 365 g/mol. The third kappa shape index (κ3) is 5.14. The summed E-state index contributed by atoms with van der Waals surface area (Å²) in [5, 5.41) is 1.89. The van der Waals surface area contributed by atoms with Crippen LogP contribution in [0.25, 0.3) is 0 Å². The fraction of sp³-hybridized carbons (Fsp3) is 0.0455. The summed E-state index contributed by atoms with van der Waals surface area (Å²) < 4.78 is 26.2. The number of nitrogens with zero attached hydrogens (tertiary/aromatic N) is 1. The molecule has 130 valence electrons. The van der Waals surface area contributed by atoms with Crippen molar-refractivity contribution in [3.8, 4) is 0 Å². The van der Waals surface area contributed by atoms with E-state index in [1.54, 1.807) is 24.3 Å². The molecule has 4 heteroatoms. The summed E-state index contributed by atoms with van der Waals surface area (Å²) in [6.45, 7) is 2.01. The predicted molar refractivity (Wildman–Crippen MR) is 105 cm³/mol. The van der Waals surface area contributed by atoms with Crippen LogP contribution in [0.5, 0.6) is 0 Å². The molecule has 3 rings (SSSR count). The van der Waals surface area contributed by atoms with Gasteiger partial charge in [-0.1, -0.05) is 23.9 Å². The van der Waals surface area contributed by atoms with Crippen molar-refractivity contribution in [3.63, 3.8) is 0 Å². The van der Waals surface area contributed by atoms with E-state index in [0.29, 0.717) is 0 Å². The lowest BCUT2D eigenvalue weighted by Gasteiger charge is -2.04. The molecule has 0 aliphatic heterocycles. The van der Waals surface area contributed by atoms with Crippen molar-refractivity contribution in [3.05, 3.63) is 107 Å². The first-order valence-electron chi connectivity index (χ1n) is 8.10. The van der Waals surface area contributed by atoms with E-state index in [-0.39, 0.29) is 11.6 Å². The number of allylic oxidation sites excluding steroid dienone is 1. The van der Waals surface area contributed by atoms with Gasteiger partial charge in [-0.2, -0.15) is 0 Å². The Morgan fingerprint density at radius 1 is 0.885 bits per heavy atom. The standard InChI is InChI=1S/C22H17F2NS/c1-16-3-2-4-20(15-16)25-22(17-5-7-18(23)8-6-17)13-14-26-21-11-9-19(24)10-12-21/h2-15H,1H3. The maximum Gasteiger partial charge on any atom is 0.123 e. The third-order valence-corrected chi connectivity index (χ3v) is 4.45. The fourth-order valence-corrected chi connectivity index (χ4v) is 2.99. The van der Waals surface area contributed by atoms with Crippen LogP contribution in [0.4, 0.5) is 14.5 Å². The zero-order valence-electron chi connectivity index (χ0n) is 14.2. The molecule has 26 heavy (non-hydrogen) atoms. The van der Waals surface area contributed by atoms with E-state index in [9.17, 15) is 8.78 Å². The summed E-state index contributed by atoms with van der Waals surface area (Å²) in [5.41, 5.74) is 3.50. The van der Waals surface area contributed by atoms with Crippen molar-refractivity contribution in [1.29, 1.82) is 0 Å². The second-order valence-electron chi connectivity index (χ2n) is 5.72. The van der Waals surface area contributed by atoms with Crippen molar-refractivity contribution in [2.24, 2.45) is 4.99 Å². The number of benzene rings is 3. The molecular formula is C22H17F2NS. The molecular weight excluding hydrogens is 348 g/mol. The zero-order chi connectivity index (χ0) is 18.4. The topological polar surface area (TPSA) is 12.4 Å². The highest BCUT2D eigenvalue weighted by Crippen LogP contribution is 2.21. The summed E-state index contributed by atoms with van der Waals surface area (Å²) in [6, 6.07) is 20.4. The van der Waals surface area contributed by atoms with Gasteiger partial charge in [0.15, 0.2) is 0 Å². The molecule has 0 aliphatic rings. The number of hydrogen-bond acceptors (Lipinski definition) is 2. The number of hydrogen-bond donors (Lipinski definition) is 0. The zero-order valence-corrected chi connectivity index (χ0v) is 15.0. The third-order valence-electron chi connectivity index (χ3n) is 3.63. The van der Waals surface area contributed by atoms with Crippen LogP contribution in [0.15, 0.2) is 94.2 Å². The van der Waals surface area contributed by atoms with Gasteiger partial charge in [-0.15, -0.1) is 0 Å². The lowest BCUT2D eigenvalue weighted by molar-refractivity contribution is 0.626. The smallest absolute Gasteiger partial charge is 0.123 e. The minimum absolute atomic E-state index is 0.258. The summed E-state index contributed by atoms with van der Waals surface area (Å²) >= 11 is 1.47. The molecule has 0 amide bonds. The lowest BCUT2D eigenvalue weighted by atomic mass is 10.1. The summed E-state index contributed by atoms with van der Waals surface area (Å²) in [7, 11) is 0. The normalized spacial score (nSPS) is 11.9. The monoisotopic (exact) mass is 365 g/mol.